The fraction of sp³-hybridized carbons (Fsp3) is 0.500. The highest BCUT2D eigenvalue weighted by Crippen LogP contribution is 2.12. The molecule has 0 N–H and O–H groups in total. The lowest BCUT2D eigenvalue weighted by molar-refractivity contribution is 0.929. The molecule has 1 heteroatoms. The van der Waals surface area contributed by atoms with Crippen LogP contribution in [0.4, 0.5) is 0 Å². The topological polar surface area (TPSA) is 0 Å². The zero-order chi connectivity index (χ0) is 8.27. The summed E-state index contributed by atoms with van der Waals surface area (Å²) < 4.78 is 0. The maximum atomic E-state index is 3.34. The van der Waals surface area contributed by atoms with Gasteiger partial charge >= 0.3 is 0 Å². The minimum atomic E-state index is -0.265. The van der Waals surface area contributed by atoms with Crippen LogP contribution < -0.4 is 0 Å². The van der Waals surface area contributed by atoms with Gasteiger partial charge in [-0.2, -0.15) is 0 Å². The van der Waals surface area contributed by atoms with Gasteiger partial charge in [0.25, 0.3) is 0 Å². The largest absolute Gasteiger partial charge is 0.0651 e. The first-order valence-electron chi connectivity index (χ1n) is 4.22. The first-order chi connectivity index (χ1) is 5.24. The fourth-order valence-electron chi connectivity index (χ4n) is 1.16. The predicted octanol–water partition coefficient (Wildman–Crippen LogP) is 2.59. The van der Waals surface area contributed by atoms with Crippen LogP contribution in [0, 0.1) is 6.08 Å². The summed E-state index contributed by atoms with van der Waals surface area (Å²) in [5.41, 5.74) is 1.47. The Morgan fingerprint density at radius 2 is 2.18 bits per heavy atom. The van der Waals surface area contributed by atoms with Gasteiger partial charge in [0, 0.05) is 8.41 Å². The predicted molar refractivity (Wildman–Crippen MR) is 53.3 cm³/mol. The zero-order valence-electron chi connectivity index (χ0n) is 7.57. The Kier molecular flexibility index (Phi) is 3.00. The molecule has 0 nitrogen and oxygen atoms in total. The van der Waals surface area contributed by atoms with Gasteiger partial charge in [-0.15, -0.1) is 0 Å². The molecule has 1 rings (SSSR count). The number of allylic oxidation sites excluding steroid dienone is 4. The van der Waals surface area contributed by atoms with Crippen LogP contribution in [0.2, 0.25) is 13.1 Å². The van der Waals surface area contributed by atoms with Crippen molar-refractivity contribution in [2.24, 2.45) is 0 Å². The van der Waals surface area contributed by atoms with Crippen LogP contribution in [0.5, 0.6) is 0 Å². The lowest BCUT2D eigenvalue weighted by Crippen LogP contribution is -2.00. The molecule has 0 bridgehead atoms. The highest BCUT2D eigenvalue weighted by Gasteiger charge is 2.02. The normalized spacial score (nSPS) is 15.5. The van der Waals surface area contributed by atoms with E-state index in [1.54, 1.807) is 0 Å². The number of hydrogen-bond acceptors (Lipinski definition) is 0. The van der Waals surface area contributed by atoms with E-state index in [9.17, 15) is 0 Å². The molecule has 1 aliphatic rings. The molecule has 0 unspecified atom stereocenters. The van der Waals surface area contributed by atoms with Crippen LogP contribution in [0.1, 0.15) is 19.8 Å². The van der Waals surface area contributed by atoms with Crippen LogP contribution in [0.15, 0.2) is 17.7 Å². The summed E-state index contributed by atoms with van der Waals surface area (Å²) in [6.45, 7) is 6.84. The lowest BCUT2D eigenvalue weighted by Gasteiger charge is -1.93. The molecule has 1 aliphatic carbocycles. The van der Waals surface area contributed by atoms with E-state index >= 15 is 0 Å². The Morgan fingerprint density at radius 1 is 1.45 bits per heavy atom. The van der Waals surface area contributed by atoms with Crippen LogP contribution >= 0.6 is 0 Å². The first kappa shape index (κ1) is 8.66. The third kappa shape index (κ3) is 2.26. The molecule has 0 aromatic heterocycles. The van der Waals surface area contributed by atoms with Crippen molar-refractivity contribution in [3.63, 3.8) is 0 Å². The second-order valence-corrected chi connectivity index (χ2v) is 5.71. The molecular formula is C10H15Si. The maximum absolute atomic E-state index is 3.34. The highest BCUT2D eigenvalue weighted by molar-refractivity contribution is 6.72. The highest BCUT2D eigenvalue weighted by atomic mass is 28.2. The van der Waals surface area contributed by atoms with Gasteiger partial charge in [0.05, 0.1) is 0 Å². The SMILES string of the molecule is CCCC1=CC(=[Si](C)C)[C]=C1. The van der Waals surface area contributed by atoms with Gasteiger partial charge in [-0.25, -0.2) is 0 Å². The van der Waals surface area contributed by atoms with E-state index in [-0.39, 0.29) is 8.41 Å². The van der Waals surface area contributed by atoms with E-state index in [1.165, 1.54) is 23.6 Å². The van der Waals surface area contributed by atoms with Gasteiger partial charge in [0.2, 0.25) is 0 Å². The van der Waals surface area contributed by atoms with Gasteiger partial charge in [-0.1, -0.05) is 38.6 Å². The van der Waals surface area contributed by atoms with Crippen molar-refractivity contribution in [2.75, 3.05) is 0 Å². The summed E-state index contributed by atoms with van der Waals surface area (Å²) >= 11 is 0. The van der Waals surface area contributed by atoms with Crippen molar-refractivity contribution < 1.29 is 0 Å². The Labute approximate surface area is 70.9 Å². The maximum Gasteiger partial charge on any atom is 0.0136 e. The molecule has 0 aliphatic heterocycles. The number of hydrogen-bond donors (Lipinski definition) is 0. The third-order valence-corrected chi connectivity index (χ3v) is 3.19. The van der Waals surface area contributed by atoms with Crippen LogP contribution in [-0.4, -0.2) is 13.6 Å². The molecule has 0 aromatic rings. The molecule has 59 valence electrons. The second kappa shape index (κ2) is 3.81. The minimum Gasteiger partial charge on any atom is -0.0651 e. The summed E-state index contributed by atoms with van der Waals surface area (Å²) in [5, 5.41) is 1.46. The first-order valence-corrected chi connectivity index (χ1v) is 6.72. The molecule has 0 spiro atoms. The van der Waals surface area contributed by atoms with Crippen molar-refractivity contribution in [2.45, 2.75) is 32.9 Å². The summed E-state index contributed by atoms with van der Waals surface area (Å²) in [6, 6.07) is 0. The van der Waals surface area contributed by atoms with Crippen molar-refractivity contribution in [1.82, 2.24) is 0 Å². The molecule has 11 heavy (non-hydrogen) atoms. The zero-order valence-corrected chi connectivity index (χ0v) is 8.57. The summed E-state index contributed by atoms with van der Waals surface area (Å²) in [6.07, 6.45) is 10.3. The fourth-order valence-corrected chi connectivity index (χ4v) is 2.00. The van der Waals surface area contributed by atoms with Crippen LogP contribution in [0.3, 0.4) is 0 Å². The quantitative estimate of drug-likeness (QED) is 0.549. The van der Waals surface area contributed by atoms with Crippen LogP contribution in [-0.2, 0) is 0 Å². The molecule has 0 saturated carbocycles. The molecule has 0 saturated heterocycles. The van der Waals surface area contributed by atoms with E-state index in [0.717, 1.165) is 0 Å². The van der Waals surface area contributed by atoms with Gasteiger partial charge < -0.3 is 0 Å². The average Bonchev–Trinajstić information content (AvgIpc) is 2.37. The van der Waals surface area contributed by atoms with E-state index < -0.39 is 0 Å². The molecule has 0 atom stereocenters. The lowest BCUT2D eigenvalue weighted by atomic mass is 10.2. The van der Waals surface area contributed by atoms with E-state index in [0.29, 0.717) is 0 Å². The summed E-state index contributed by atoms with van der Waals surface area (Å²) in [4.78, 5) is 0. The van der Waals surface area contributed by atoms with Crippen LogP contribution in [0.25, 0.3) is 0 Å². The Hall–Kier alpha value is -0.433. The van der Waals surface area contributed by atoms with Gasteiger partial charge in [0.15, 0.2) is 0 Å². The number of rotatable bonds is 2. The Bertz CT molecular complexity index is 227. The molecule has 0 fully saturated rings. The van der Waals surface area contributed by atoms with Crippen molar-refractivity contribution in [3.8, 4) is 0 Å². The third-order valence-electron chi connectivity index (χ3n) is 1.82. The molecule has 0 amide bonds. The smallest absolute Gasteiger partial charge is 0.0136 e. The molecule has 1 radical (unpaired) electrons. The summed E-state index contributed by atoms with van der Waals surface area (Å²) in [5.74, 6) is 0. The van der Waals surface area contributed by atoms with E-state index in [2.05, 4.69) is 38.2 Å². The van der Waals surface area contributed by atoms with Gasteiger partial charge in [-0.05, 0) is 23.2 Å². The minimum absolute atomic E-state index is 0.265. The van der Waals surface area contributed by atoms with E-state index in [4.69, 9.17) is 0 Å². The van der Waals surface area contributed by atoms with E-state index in [1.807, 2.05) is 0 Å². The van der Waals surface area contributed by atoms with Gasteiger partial charge in [-0.3, -0.25) is 0 Å². The molecule has 0 heterocycles. The standard InChI is InChI=1S/C10H15Si/c1-4-5-9-6-7-10(8-9)11(2)3/h6,8H,4-5H2,1-3H3. The van der Waals surface area contributed by atoms with Crippen molar-refractivity contribution >= 4 is 13.6 Å². The molecular weight excluding hydrogens is 148 g/mol. The van der Waals surface area contributed by atoms with Crippen molar-refractivity contribution in [1.29, 1.82) is 0 Å². The monoisotopic (exact) mass is 163 g/mol. The Balaban J connectivity index is 2.71. The second-order valence-electron chi connectivity index (χ2n) is 3.17. The average molecular weight is 163 g/mol. The Morgan fingerprint density at radius 3 is 2.64 bits per heavy atom. The van der Waals surface area contributed by atoms with Crippen molar-refractivity contribution in [3.05, 3.63) is 23.8 Å². The summed E-state index contributed by atoms with van der Waals surface area (Å²) in [7, 11) is -0.265. The van der Waals surface area contributed by atoms with Gasteiger partial charge in [0.1, 0.15) is 0 Å². The molecule has 0 aromatic carbocycles.